The lowest BCUT2D eigenvalue weighted by Crippen LogP contribution is -2.45. The molecule has 1 aromatic carbocycles. The summed E-state index contributed by atoms with van der Waals surface area (Å²) in [5.74, 6) is 2.24. The van der Waals surface area contributed by atoms with E-state index in [0.717, 1.165) is 43.6 Å². The maximum absolute atomic E-state index is 5.92. The molecule has 2 N–H and O–H groups in total. The summed E-state index contributed by atoms with van der Waals surface area (Å²) in [4.78, 5) is 7.22. The fourth-order valence-corrected chi connectivity index (χ4v) is 3.20. The van der Waals surface area contributed by atoms with E-state index in [0.29, 0.717) is 25.6 Å². The van der Waals surface area contributed by atoms with Crippen molar-refractivity contribution in [2.75, 3.05) is 58.4 Å². The van der Waals surface area contributed by atoms with Crippen molar-refractivity contribution in [3.05, 3.63) is 24.3 Å². The minimum absolute atomic E-state index is 0.116. The fourth-order valence-electron chi connectivity index (χ4n) is 3.20. The normalized spacial score (nSPS) is 18.3. The monoisotopic (exact) mass is 406 g/mol. The number of methoxy groups -OCH3 is 1. The average molecular weight is 407 g/mol. The minimum atomic E-state index is 0.116. The Morgan fingerprint density at radius 3 is 2.66 bits per heavy atom. The molecule has 0 amide bonds. The second-order valence-corrected chi connectivity index (χ2v) is 8.07. The Labute approximate surface area is 175 Å². The molecule has 7 nitrogen and oxygen atoms in total. The lowest BCUT2D eigenvalue weighted by molar-refractivity contribution is -0.0261. The summed E-state index contributed by atoms with van der Waals surface area (Å²) in [6, 6.07) is 7.91. The second-order valence-electron chi connectivity index (χ2n) is 8.07. The van der Waals surface area contributed by atoms with E-state index in [-0.39, 0.29) is 12.2 Å². The van der Waals surface area contributed by atoms with Gasteiger partial charge in [0.15, 0.2) is 5.96 Å². The SMILES string of the molecule is COCCNC(=NCC1CN(CC(C)C)CCO1)Nc1ccc(OC(C)C)cc1. The number of aliphatic imine (C=N–C) groups is 1. The highest BCUT2D eigenvalue weighted by Gasteiger charge is 2.20. The van der Waals surface area contributed by atoms with Gasteiger partial charge in [0.05, 0.1) is 32.0 Å². The Morgan fingerprint density at radius 1 is 1.24 bits per heavy atom. The summed E-state index contributed by atoms with van der Waals surface area (Å²) in [5.41, 5.74) is 0.954. The van der Waals surface area contributed by atoms with Crippen molar-refractivity contribution < 1.29 is 14.2 Å². The first-order valence-corrected chi connectivity index (χ1v) is 10.6. The van der Waals surface area contributed by atoms with E-state index in [1.165, 1.54) is 0 Å². The maximum atomic E-state index is 5.92. The number of nitrogens with zero attached hydrogens (tertiary/aromatic N) is 2. The van der Waals surface area contributed by atoms with Crippen molar-refractivity contribution in [2.45, 2.75) is 39.9 Å². The molecule has 1 unspecified atom stereocenters. The Kier molecular flexibility index (Phi) is 10.2. The lowest BCUT2D eigenvalue weighted by atomic mass is 10.2. The van der Waals surface area contributed by atoms with E-state index in [1.807, 2.05) is 38.1 Å². The molecule has 1 fully saturated rings. The summed E-state index contributed by atoms with van der Waals surface area (Å²) in [6.45, 7) is 14.3. The van der Waals surface area contributed by atoms with Crippen LogP contribution in [0.3, 0.4) is 0 Å². The van der Waals surface area contributed by atoms with Crippen LogP contribution in [-0.4, -0.2) is 76.1 Å². The van der Waals surface area contributed by atoms with Crippen LogP contribution >= 0.6 is 0 Å². The first-order valence-electron chi connectivity index (χ1n) is 10.6. The zero-order valence-corrected chi connectivity index (χ0v) is 18.6. The third-order valence-corrected chi connectivity index (χ3v) is 4.39. The second kappa shape index (κ2) is 12.7. The summed E-state index contributed by atoms with van der Waals surface area (Å²) >= 11 is 0. The van der Waals surface area contributed by atoms with Gasteiger partial charge in [0.1, 0.15) is 5.75 Å². The van der Waals surface area contributed by atoms with Crippen molar-refractivity contribution in [3.8, 4) is 5.75 Å². The molecule has 29 heavy (non-hydrogen) atoms. The first kappa shape index (κ1) is 23.4. The summed E-state index contributed by atoms with van der Waals surface area (Å²) in [5, 5.41) is 6.67. The van der Waals surface area contributed by atoms with Crippen LogP contribution < -0.4 is 15.4 Å². The Balaban J connectivity index is 1.95. The number of rotatable bonds is 10. The summed E-state index contributed by atoms with van der Waals surface area (Å²) < 4.78 is 16.8. The standard InChI is InChI=1S/C22H38N4O3/c1-17(2)15-26-11-13-28-21(16-26)14-24-22(23-10-12-27-5)25-19-6-8-20(9-7-19)29-18(3)4/h6-9,17-18,21H,10-16H2,1-5H3,(H2,23,24,25). The molecule has 2 rings (SSSR count). The molecule has 1 heterocycles. The Hall–Kier alpha value is -1.83. The number of anilines is 1. The molecule has 0 aromatic heterocycles. The lowest BCUT2D eigenvalue weighted by Gasteiger charge is -2.33. The molecule has 1 atom stereocenters. The van der Waals surface area contributed by atoms with Crippen LogP contribution in [0.4, 0.5) is 5.69 Å². The van der Waals surface area contributed by atoms with E-state index < -0.39 is 0 Å². The summed E-state index contributed by atoms with van der Waals surface area (Å²) in [6.07, 6.45) is 0.276. The van der Waals surface area contributed by atoms with Crippen LogP contribution in [-0.2, 0) is 9.47 Å². The molecule has 1 aliphatic rings. The largest absolute Gasteiger partial charge is 0.491 e. The molecule has 1 aromatic rings. The quantitative estimate of drug-likeness (QED) is 0.354. The number of guanidine groups is 1. The fraction of sp³-hybridized carbons (Fsp3) is 0.682. The molecule has 7 heteroatoms. The zero-order chi connectivity index (χ0) is 21.1. The van der Waals surface area contributed by atoms with Gasteiger partial charge >= 0.3 is 0 Å². The van der Waals surface area contributed by atoms with Crippen LogP contribution in [0.25, 0.3) is 0 Å². The highest BCUT2D eigenvalue weighted by molar-refractivity contribution is 5.93. The molecule has 0 radical (unpaired) electrons. The van der Waals surface area contributed by atoms with Gasteiger partial charge in [0.25, 0.3) is 0 Å². The third-order valence-electron chi connectivity index (χ3n) is 4.39. The van der Waals surface area contributed by atoms with E-state index in [2.05, 4.69) is 29.4 Å². The number of hydrogen-bond acceptors (Lipinski definition) is 5. The molecule has 0 saturated carbocycles. The Morgan fingerprint density at radius 2 is 2.00 bits per heavy atom. The van der Waals surface area contributed by atoms with Crippen molar-refractivity contribution >= 4 is 11.6 Å². The van der Waals surface area contributed by atoms with Gasteiger partial charge < -0.3 is 24.8 Å². The number of nitrogens with one attached hydrogen (secondary N) is 2. The van der Waals surface area contributed by atoms with Crippen molar-refractivity contribution in [1.82, 2.24) is 10.2 Å². The van der Waals surface area contributed by atoms with Gasteiger partial charge in [-0.1, -0.05) is 13.8 Å². The average Bonchev–Trinajstić information content (AvgIpc) is 2.67. The minimum Gasteiger partial charge on any atom is -0.491 e. The molecule has 1 saturated heterocycles. The molecular formula is C22H38N4O3. The molecule has 1 aliphatic heterocycles. The highest BCUT2D eigenvalue weighted by atomic mass is 16.5. The maximum Gasteiger partial charge on any atom is 0.195 e. The van der Waals surface area contributed by atoms with Crippen LogP contribution in [0, 0.1) is 5.92 Å². The summed E-state index contributed by atoms with van der Waals surface area (Å²) in [7, 11) is 1.69. The molecule has 0 spiro atoms. The van der Waals surface area contributed by atoms with E-state index >= 15 is 0 Å². The van der Waals surface area contributed by atoms with E-state index in [4.69, 9.17) is 19.2 Å². The van der Waals surface area contributed by atoms with Gasteiger partial charge in [-0.3, -0.25) is 9.89 Å². The van der Waals surface area contributed by atoms with Crippen molar-refractivity contribution in [2.24, 2.45) is 10.9 Å². The predicted octanol–water partition coefficient (Wildman–Crippen LogP) is 2.83. The van der Waals surface area contributed by atoms with Crippen LogP contribution in [0.2, 0.25) is 0 Å². The predicted molar refractivity (Wildman–Crippen MR) is 119 cm³/mol. The smallest absolute Gasteiger partial charge is 0.195 e. The van der Waals surface area contributed by atoms with Gasteiger partial charge in [-0.2, -0.15) is 0 Å². The number of morpholine rings is 1. The zero-order valence-electron chi connectivity index (χ0n) is 18.6. The van der Waals surface area contributed by atoms with Crippen LogP contribution in [0.15, 0.2) is 29.3 Å². The number of hydrogen-bond donors (Lipinski definition) is 2. The van der Waals surface area contributed by atoms with Gasteiger partial charge in [-0.05, 0) is 44.0 Å². The van der Waals surface area contributed by atoms with Gasteiger partial charge in [-0.15, -0.1) is 0 Å². The van der Waals surface area contributed by atoms with Crippen molar-refractivity contribution in [3.63, 3.8) is 0 Å². The van der Waals surface area contributed by atoms with Gasteiger partial charge in [0, 0.05) is 39.0 Å². The van der Waals surface area contributed by atoms with Crippen LogP contribution in [0.1, 0.15) is 27.7 Å². The molecule has 0 bridgehead atoms. The van der Waals surface area contributed by atoms with E-state index in [9.17, 15) is 0 Å². The molecular weight excluding hydrogens is 368 g/mol. The highest BCUT2D eigenvalue weighted by Crippen LogP contribution is 2.17. The first-order chi connectivity index (χ1) is 14.0. The van der Waals surface area contributed by atoms with Crippen LogP contribution in [0.5, 0.6) is 5.75 Å². The topological polar surface area (TPSA) is 67.4 Å². The molecule has 0 aliphatic carbocycles. The van der Waals surface area contributed by atoms with Gasteiger partial charge in [-0.25, -0.2) is 0 Å². The number of benzene rings is 1. The molecule has 164 valence electrons. The van der Waals surface area contributed by atoms with Gasteiger partial charge in [0.2, 0.25) is 0 Å². The Bertz CT molecular complexity index is 605. The van der Waals surface area contributed by atoms with Crippen molar-refractivity contribution in [1.29, 1.82) is 0 Å². The number of ether oxygens (including phenoxy) is 3. The van der Waals surface area contributed by atoms with E-state index in [1.54, 1.807) is 7.11 Å². The third kappa shape index (κ3) is 9.47.